The molecule has 1 aromatic rings. The quantitative estimate of drug-likeness (QED) is 0.336. The van der Waals surface area contributed by atoms with E-state index in [1.807, 2.05) is 0 Å². The first-order chi connectivity index (χ1) is 16.7. The summed E-state index contributed by atoms with van der Waals surface area (Å²) in [7, 11) is 0. The molecule has 10 nitrogen and oxygen atoms in total. The second-order valence-corrected chi connectivity index (χ2v) is 11.1. The van der Waals surface area contributed by atoms with Crippen LogP contribution in [0.2, 0.25) is 10.0 Å². The topological polar surface area (TPSA) is 154 Å². The Balaban J connectivity index is 2.00. The number of carbonyl (C=O) groups excluding carboxylic acids is 2. The molecule has 6 unspecified atom stereocenters. The smallest absolute Gasteiger partial charge is 0.408 e. The van der Waals surface area contributed by atoms with Crippen LogP contribution in [0.15, 0.2) is 18.2 Å². The molecule has 198 valence electrons. The molecule has 0 heterocycles. The van der Waals surface area contributed by atoms with Gasteiger partial charge in [0.25, 0.3) is 0 Å². The van der Waals surface area contributed by atoms with Crippen LogP contribution in [0.3, 0.4) is 0 Å². The number of ether oxygens (including phenoxy) is 1. The first kappa shape index (κ1) is 27.9. The zero-order valence-corrected chi connectivity index (χ0v) is 22.2. The summed E-state index contributed by atoms with van der Waals surface area (Å²) in [4.78, 5) is 51.0. The molecule has 3 rings (SSSR count). The van der Waals surface area contributed by atoms with Gasteiger partial charge in [0.05, 0.1) is 16.0 Å². The van der Waals surface area contributed by atoms with Crippen molar-refractivity contribution in [1.29, 1.82) is 0 Å². The molecular formula is C24H31Cl2N3O7. The SMILES string of the molecule is CCC1C(NC(=O)Nc2ccc(Cl)c(Cl)c2)C2C(C(=O)O)C2(CC)C1(NC(=O)OC(C)(C)C)C(=O)O. The second kappa shape index (κ2) is 9.63. The molecule has 6 atom stereocenters. The van der Waals surface area contributed by atoms with Crippen molar-refractivity contribution < 1.29 is 34.1 Å². The summed E-state index contributed by atoms with van der Waals surface area (Å²) in [5.41, 5.74) is -3.87. The lowest BCUT2D eigenvalue weighted by Gasteiger charge is -2.42. The first-order valence-corrected chi connectivity index (χ1v) is 12.4. The highest BCUT2D eigenvalue weighted by Crippen LogP contribution is 2.76. The Hall–Kier alpha value is -2.72. The molecule has 36 heavy (non-hydrogen) atoms. The molecule has 2 aliphatic rings. The molecule has 0 bridgehead atoms. The van der Waals surface area contributed by atoms with Crippen molar-refractivity contribution >= 4 is 53.0 Å². The molecule has 0 aromatic heterocycles. The van der Waals surface area contributed by atoms with Crippen LogP contribution in [0.1, 0.15) is 47.5 Å². The average molecular weight is 544 g/mol. The van der Waals surface area contributed by atoms with E-state index in [0.717, 1.165) is 0 Å². The molecule has 1 aromatic carbocycles. The summed E-state index contributed by atoms with van der Waals surface area (Å²) >= 11 is 11.9. The number of benzene rings is 1. The minimum Gasteiger partial charge on any atom is -0.481 e. The van der Waals surface area contributed by atoms with Gasteiger partial charge in [-0.3, -0.25) is 4.79 Å². The van der Waals surface area contributed by atoms with Crippen LogP contribution < -0.4 is 16.0 Å². The number of fused-ring (bicyclic) bond motifs is 1. The van der Waals surface area contributed by atoms with Gasteiger partial charge >= 0.3 is 24.1 Å². The number of carboxylic acid groups (broad SMARTS) is 2. The Morgan fingerprint density at radius 3 is 2.19 bits per heavy atom. The Labute approximate surface area is 219 Å². The molecule has 0 spiro atoms. The highest BCUT2D eigenvalue weighted by Gasteiger charge is 2.88. The van der Waals surface area contributed by atoms with Gasteiger partial charge in [-0.05, 0) is 51.8 Å². The monoisotopic (exact) mass is 543 g/mol. The molecule has 2 fully saturated rings. The minimum absolute atomic E-state index is 0.153. The highest BCUT2D eigenvalue weighted by molar-refractivity contribution is 6.42. The maximum Gasteiger partial charge on any atom is 0.408 e. The number of anilines is 1. The van der Waals surface area contributed by atoms with E-state index < -0.39 is 64.4 Å². The number of nitrogens with one attached hydrogen (secondary N) is 3. The van der Waals surface area contributed by atoms with E-state index in [1.165, 1.54) is 12.1 Å². The molecular weight excluding hydrogens is 513 g/mol. The summed E-state index contributed by atoms with van der Waals surface area (Å²) in [6, 6.07) is 2.97. The van der Waals surface area contributed by atoms with Gasteiger partial charge in [0.2, 0.25) is 0 Å². The number of urea groups is 1. The molecule has 2 aliphatic carbocycles. The summed E-state index contributed by atoms with van der Waals surface area (Å²) in [6.07, 6.45) is -0.573. The molecule has 5 N–H and O–H groups in total. The second-order valence-electron chi connectivity index (χ2n) is 10.2. The lowest BCUT2D eigenvalue weighted by atomic mass is 9.70. The number of aliphatic carboxylic acids is 2. The van der Waals surface area contributed by atoms with Crippen molar-refractivity contribution in [2.75, 3.05) is 5.32 Å². The fraction of sp³-hybridized carbons (Fsp3) is 0.583. The van der Waals surface area contributed by atoms with Gasteiger partial charge in [0.15, 0.2) is 5.54 Å². The summed E-state index contributed by atoms with van der Waals surface area (Å²) in [5.74, 6) is -5.19. The average Bonchev–Trinajstić information content (AvgIpc) is 3.38. The highest BCUT2D eigenvalue weighted by atomic mass is 35.5. The first-order valence-electron chi connectivity index (χ1n) is 11.7. The van der Waals surface area contributed by atoms with Crippen molar-refractivity contribution in [2.45, 2.75) is 64.6 Å². The van der Waals surface area contributed by atoms with E-state index in [9.17, 15) is 29.4 Å². The molecule has 0 aliphatic heterocycles. The maximum absolute atomic E-state index is 12.9. The number of carbonyl (C=O) groups is 4. The number of carboxylic acids is 2. The molecule has 2 saturated carbocycles. The molecule has 0 saturated heterocycles. The van der Waals surface area contributed by atoms with Gasteiger partial charge in [0, 0.05) is 29.0 Å². The van der Waals surface area contributed by atoms with Crippen molar-refractivity contribution in [1.82, 2.24) is 10.6 Å². The van der Waals surface area contributed by atoms with E-state index in [0.29, 0.717) is 10.7 Å². The number of alkyl carbamates (subject to hydrolysis) is 1. The van der Waals surface area contributed by atoms with Crippen molar-refractivity contribution in [2.24, 2.45) is 23.2 Å². The molecule has 0 radical (unpaired) electrons. The fourth-order valence-corrected chi connectivity index (χ4v) is 6.50. The number of hydrogen-bond acceptors (Lipinski definition) is 5. The van der Waals surface area contributed by atoms with Gasteiger partial charge in [-0.2, -0.15) is 0 Å². The summed E-state index contributed by atoms with van der Waals surface area (Å²) in [5, 5.41) is 29.0. The number of amides is 3. The Bertz CT molecular complexity index is 1090. The molecule has 12 heteroatoms. The van der Waals surface area contributed by atoms with Crippen molar-refractivity contribution in [3.63, 3.8) is 0 Å². The number of hydrogen-bond donors (Lipinski definition) is 5. The third-order valence-corrected chi connectivity index (χ3v) is 8.05. The normalized spacial score (nSPS) is 30.6. The predicted molar refractivity (Wildman–Crippen MR) is 133 cm³/mol. The van der Waals surface area contributed by atoms with Gasteiger partial charge in [-0.15, -0.1) is 0 Å². The summed E-state index contributed by atoms with van der Waals surface area (Å²) in [6.45, 7) is 8.33. The van der Waals surface area contributed by atoms with E-state index in [2.05, 4.69) is 16.0 Å². The number of halogens is 2. The maximum atomic E-state index is 12.9. The van der Waals surface area contributed by atoms with Crippen LogP contribution in [0, 0.1) is 23.2 Å². The third-order valence-electron chi connectivity index (χ3n) is 7.31. The van der Waals surface area contributed by atoms with E-state index in [-0.39, 0.29) is 17.9 Å². The zero-order valence-electron chi connectivity index (χ0n) is 20.6. The Morgan fingerprint density at radius 2 is 1.72 bits per heavy atom. The summed E-state index contributed by atoms with van der Waals surface area (Å²) < 4.78 is 5.35. The van der Waals surface area contributed by atoms with Crippen molar-refractivity contribution in [3.8, 4) is 0 Å². The van der Waals surface area contributed by atoms with Crippen molar-refractivity contribution in [3.05, 3.63) is 28.2 Å². The van der Waals surface area contributed by atoms with Crippen LogP contribution in [-0.2, 0) is 14.3 Å². The lowest BCUT2D eigenvalue weighted by Crippen LogP contribution is -2.66. The van der Waals surface area contributed by atoms with Gasteiger partial charge in [-0.1, -0.05) is 37.0 Å². The number of rotatable bonds is 7. The fourth-order valence-electron chi connectivity index (χ4n) is 6.21. The third kappa shape index (κ3) is 4.45. The predicted octanol–water partition coefficient (Wildman–Crippen LogP) is 4.60. The van der Waals surface area contributed by atoms with Crippen LogP contribution in [0.5, 0.6) is 0 Å². The Morgan fingerprint density at radius 1 is 1.08 bits per heavy atom. The van der Waals surface area contributed by atoms with Gasteiger partial charge < -0.3 is 30.9 Å². The Kier molecular flexibility index (Phi) is 7.45. The van der Waals surface area contributed by atoms with Crippen LogP contribution in [0.4, 0.5) is 15.3 Å². The van der Waals surface area contributed by atoms with E-state index in [4.69, 9.17) is 27.9 Å². The molecule has 3 amide bonds. The van der Waals surface area contributed by atoms with Crippen LogP contribution in [0.25, 0.3) is 0 Å². The zero-order chi connectivity index (χ0) is 27.2. The van der Waals surface area contributed by atoms with E-state index >= 15 is 0 Å². The van der Waals surface area contributed by atoms with E-state index in [1.54, 1.807) is 40.7 Å². The standard InChI is InChI=1S/C24H31Cl2N3O7/c1-6-12-17(28-20(34)27-11-8-9-13(25)14(26)10-11)15-16(18(30)31)23(15,7-2)24(12,19(32)33)29-21(35)36-22(3,4)5/h8-10,12,15-17H,6-7H2,1-5H3,(H,29,35)(H,30,31)(H,32,33)(H2,27,28,34). The largest absolute Gasteiger partial charge is 0.481 e. The lowest BCUT2D eigenvalue weighted by molar-refractivity contribution is -0.153. The minimum atomic E-state index is -1.98. The van der Waals surface area contributed by atoms with Gasteiger partial charge in [0.1, 0.15) is 5.60 Å². The van der Waals surface area contributed by atoms with Crippen LogP contribution in [-0.4, -0.2) is 51.5 Å². The van der Waals surface area contributed by atoms with Crippen LogP contribution >= 0.6 is 23.2 Å². The van der Waals surface area contributed by atoms with Gasteiger partial charge in [-0.25, -0.2) is 14.4 Å².